The molecule has 1 N–H and O–H groups in total. The minimum Gasteiger partial charge on any atom is -0.349 e. The van der Waals surface area contributed by atoms with Crippen LogP contribution < -0.4 is 10.2 Å². The number of hydrogen-bond acceptors (Lipinski definition) is 4. The Bertz CT molecular complexity index is 1100. The Morgan fingerprint density at radius 1 is 1.23 bits per heavy atom. The van der Waals surface area contributed by atoms with E-state index < -0.39 is 11.1 Å². The van der Waals surface area contributed by atoms with Gasteiger partial charge in [0.1, 0.15) is 16.9 Å². The third kappa shape index (κ3) is 3.63. The normalized spacial score (nSPS) is 19.0. The third-order valence-electron chi connectivity index (χ3n) is 4.99. The molecule has 0 bridgehead atoms. The molecule has 1 atom stereocenters. The molecule has 0 radical (unpaired) electrons. The summed E-state index contributed by atoms with van der Waals surface area (Å²) >= 11 is 7.61. The van der Waals surface area contributed by atoms with Crippen LogP contribution in [0.15, 0.2) is 47.8 Å². The number of rotatable bonds is 3. The second kappa shape index (κ2) is 7.25. The molecule has 1 aliphatic rings. The predicted octanol–water partition coefficient (Wildman–Crippen LogP) is 4.60. The largest absolute Gasteiger partial charge is 0.349 e. The number of hydrogen-bond donors (Lipinski definition) is 1. The number of halogens is 1. The molecular formula is C22H23ClN4O2S. The highest BCUT2D eigenvalue weighted by Crippen LogP contribution is 2.35. The molecule has 3 aromatic rings. The van der Waals surface area contributed by atoms with E-state index >= 15 is 0 Å². The van der Waals surface area contributed by atoms with Gasteiger partial charge in [-0.15, -0.1) is 11.3 Å². The molecule has 4 rings (SSSR count). The zero-order valence-corrected chi connectivity index (χ0v) is 18.8. The van der Waals surface area contributed by atoms with Gasteiger partial charge in [0.25, 0.3) is 5.91 Å². The predicted molar refractivity (Wildman–Crippen MR) is 120 cm³/mol. The number of fused-ring (bicyclic) bond motifs is 1. The standard InChI is InChI=1S/C22H23ClN4O2S/c1-21(2,3)24-20(29)22(4)13-26-17(12-16(25-26)18-6-5-11-30-18)19(28)27(22)15-9-7-14(23)8-10-15/h5-12H,13H2,1-4H3,(H,24,29). The highest BCUT2D eigenvalue weighted by atomic mass is 35.5. The van der Waals surface area contributed by atoms with E-state index in [2.05, 4.69) is 10.4 Å². The number of nitrogens with one attached hydrogen (secondary N) is 1. The first-order chi connectivity index (χ1) is 14.1. The number of anilines is 1. The zero-order chi connectivity index (χ0) is 21.7. The minimum absolute atomic E-state index is 0.239. The fraction of sp³-hybridized carbons (Fsp3) is 0.318. The van der Waals surface area contributed by atoms with Gasteiger partial charge >= 0.3 is 0 Å². The molecule has 0 aliphatic carbocycles. The van der Waals surface area contributed by atoms with Gasteiger partial charge in [-0.1, -0.05) is 17.7 Å². The first-order valence-corrected chi connectivity index (χ1v) is 10.9. The molecular weight excluding hydrogens is 420 g/mol. The molecule has 0 saturated heterocycles. The molecule has 1 aliphatic heterocycles. The SMILES string of the molecule is CC(C)(C)NC(=O)C1(C)Cn2nc(-c3cccs3)cc2C(=O)N1c1ccc(Cl)cc1. The molecule has 0 spiro atoms. The zero-order valence-electron chi connectivity index (χ0n) is 17.3. The highest BCUT2D eigenvalue weighted by Gasteiger charge is 2.49. The molecule has 8 heteroatoms. The molecule has 3 heterocycles. The van der Waals surface area contributed by atoms with E-state index in [1.165, 1.54) is 0 Å². The summed E-state index contributed by atoms with van der Waals surface area (Å²) in [5.74, 6) is -0.512. The van der Waals surface area contributed by atoms with E-state index in [0.29, 0.717) is 16.4 Å². The summed E-state index contributed by atoms with van der Waals surface area (Å²) < 4.78 is 1.64. The van der Waals surface area contributed by atoms with Crippen LogP contribution in [-0.2, 0) is 11.3 Å². The van der Waals surface area contributed by atoms with Crippen molar-refractivity contribution in [2.24, 2.45) is 0 Å². The topological polar surface area (TPSA) is 67.2 Å². The van der Waals surface area contributed by atoms with E-state index in [1.54, 1.807) is 58.2 Å². The second-order valence-electron chi connectivity index (χ2n) is 8.64. The van der Waals surface area contributed by atoms with Crippen LogP contribution in [0.25, 0.3) is 10.6 Å². The van der Waals surface area contributed by atoms with Gasteiger partial charge in [-0.25, -0.2) is 0 Å². The molecule has 1 aromatic carbocycles. The Labute approximate surface area is 184 Å². The van der Waals surface area contributed by atoms with Crippen molar-refractivity contribution in [2.45, 2.75) is 45.3 Å². The number of benzene rings is 1. The van der Waals surface area contributed by atoms with Crippen LogP contribution in [0.2, 0.25) is 5.02 Å². The lowest BCUT2D eigenvalue weighted by atomic mass is 9.92. The van der Waals surface area contributed by atoms with E-state index in [9.17, 15) is 9.59 Å². The molecule has 0 saturated carbocycles. The van der Waals surface area contributed by atoms with Gasteiger partial charge in [-0.2, -0.15) is 5.10 Å². The Morgan fingerprint density at radius 3 is 2.53 bits per heavy atom. The van der Waals surface area contributed by atoms with Crippen LogP contribution in [0.5, 0.6) is 0 Å². The molecule has 2 aromatic heterocycles. The fourth-order valence-electron chi connectivity index (χ4n) is 3.60. The lowest BCUT2D eigenvalue weighted by Gasteiger charge is -2.44. The van der Waals surface area contributed by atoms with E-state index in [-0.39, 0.29) is 18.4 Å². The first kappa shape index (κ1) is 20.6. The van der Waals surface area contributed by atoms with Crippen LogP contribution in [0, 0.1) is 0 Å². The summed E-state index contributed by atoms with van der Waals surface area (Å²) in [4.78, 5) is 29.6. The minimum atomic E-state index is -1.16. The van der Waals surface area contributed by atoms with Gasteiger partial charge < -0.3 is 5.32 Å². The number of amides is 2. The van der Waals surface area contributed by atoms with Gasteiger partial charge in [-0.3, -0.25) is 19.2 Å². The van der Waals surface area contributed by atoms with Crippen LogP contribution in [0.4, 0.5) is 5.69 Å². The smallest absolute Gasteiger partial charge is 0.277 e. The Kier molecular flexibility index (Phi) is 4.98. The van der Waals surface area contributed by atoms with Crippen LogP contribution in [0.3, 0.4) is 0 Å². The third-order valence-corrected chi connectivity index (χ3v) is 6.13. The van der Waals surface area contributed by atoms with Crippen molar-refractivity contribution < 1.29 is 9.59 Å². The van der Waals surface area contributed by atoms with Crippen molar-refractivity contribution in [2.75, 3.05) is 4.90 Å². The Balaban J connectivity index is 1.83. The van der Waals surface area contributed by atoms with Crippen LogP contribution in [-0.4, -0.2) is 32.7 Å². The monoisotopic (exact) mass is 442 g/mol. The maximum atomic E-state index is 13.6. The first-order valence-electron chi connectivity index (χ1n) is 9.63. The van der Waals surface area contributed by atoms with Crippen molar-refractivity contribution in [3.8, 4) is 10.6 Å². The average molecular weight is 443 g/mol. The summed E-state index contributed by atoms with van der Waals surface area (Å²) in [6, 6.07) is 12.7. The number of thiophene rings is 1. The summed E-state index contributed by atoms with van der Waals surface area (Å²) in [6.07, 6.45) is 0. The summed E-state index contributed by atoms with van der Waals surface area (Å²) in [5.41, 5.74) is 0.186. The molecule has 6 nitrogen and oxygen atoms in total. The number of carbonyl (C=O) groups is 2. The molecule has 156 valence electrons. The quantitative estimate of drug-likeness (QED) is 0.644. The van der Waals surface area contributed by atoms with Crippen molar-refractivity contribution in [3.63, 3.8) is 0 Å². The van der Waals surface area contributed by atoms with Crippen molar-refractivity contribution in [3.05, 3.63) is 58.6 Å². The van der Waals surface area contributed by atoms with Crippen molar-refractivity contribution in [1.29, 1.82) is 0 Å². The Morgan fingerprint density at radius 2 is 1.93 bits per heavy atom. The Hall–Kier alpha value is -2.64. The number of carbonyl (C=O) groups excluding carboxylic acids is 2. The van der Waals surface area contributed by atoms with Crippen LogP contribution in [0.1, 0.15) is 38.2 Å². The lowest BCUT2D eigenvalue weighted by molar-refractivity contribution is -0.128. The molecule has 30 heavy (non-hydrogen) atoms. The maximum absolute atomic E-state index is 13.6. The second-order valence-corrected chi connectivity index (χ2v) is 10.0. The van der Waals surface area contributed by atoms with Crippen molar-refractivity contribution >= 4 is 40.4 Å². The maximum Gasteiger partial charge on any atom is 0.277 e. The van der Waals surface area contributed by atoms with Gasteiger partial charge in [0.2, 0.25) is 5.91 Å². The van der Waals surface area contributed by atoms with E-state index in [4.69, 9.17) is 11.6 Å². The lowest BCUT2D eigenvalue weighted by Crippen LogP contribution is -2.66. The molecule has 0 fully saturated rings. The van der Waals surface area contributed by atoms with E-state index in [0.717, 1.165) is 10.6 Å². The summed E-state index contributed by atoms with van der Waals surface area (Å²) in [5, 5.41) is 10.2. The molecule has 2 amide bonds. The van der Waals surface area contributed by atoms with Gasteiger partial charge in [0, 0.05) is 16.2 Å². The average Bonchev–Trinajstić information content (AvgIpc) is 3.31. The summed E-state index contributed by atoms with van der Waals surface area (Å²) in [6.45, 7) is 7.76. The highest BCUT2D eigenvalue weighted by molar-refractivity contribution is 7.13. The summed E-state index contributed by atoms with van der Waals surface area (Å²) in [7, 11) is 0. The van der Waals surface area contributed by atoms with Crippen molar-refractivity contribution in [1.82, 2.24) is 15.1 Å². The fourth-order valence-corrected chi connectivity index (χ4v) is 4.40. The number of nitrogens with zero attached hydrogens (tertiary/aromatic N) is 3. The van der Waals surface area contributed by atoms with Gasteiger partial charge in [-0.05, 0) is 69.5 Å². The van der Waals surface area contributed by atoms with Gasteiger partial charge in [0.05, 0.1) is 11.4 Å². The number of aromatic nitrogens is 2. The van der Waals surface area contributed by atoms with Crippen LogP contribution >= 0.6 is 22.9 Å². The van der Waals surface area contributed by atoms with Gasteiger partial charge in [0.15, 0.2) is 0 Å². The molecule has 1 unspecified atom stereocenters. The van der Waals surface area contributed by atoms with E-state index in [1.807, 2.05) is 38.3 Å².